The second kappa shape index (κ2) is 10.5. The van der Waals surface area contributed by atoms with Crippen molar-refractivity contribution in [2.24, 2.45) is 4.99 Å². The number of nitrogens with one attached hydrogen (secondary N) is 1. The molecule has 0 aromatic carbocycles. The van der Waals surface area contributed by atoms with Crippen molar-refractivity contribution in [2.45, 2.75) is 50.9 Å². The normalized spacial score (nSPS) is 21.9. The molecule has 7 heteroatoms. The van der Waals surface area contributed by atoms with E-state index in [1.165, 1.54) is 12.8 Å². The first kappa shape index (κ1) is 19.9. The standard InChI is InChI=1S/C20H32N4O3/c1-21-20(22-14-16-6-5-8-19(23-16)25-2)24-11-9-17(10-12-24)27-15-18-7-3-4-13-26-18/h5-6,8,17-18H,3-4,7,9-15H2,1-2H3,(H,21,22). The van der Waals surface area contributed by atoms with E-state index < -0.39 is 0 Å². The van der Waals surface area contributed by atoms with Crippen LogP contribution in [0.3, 0.4) is 0 Å². The summed E-state index contributed by atoms with van der Waals surface area (Å²) in [5.41, 5.74) is 0.932. The van der Waals surface area contributed by atoms with Crippen LogP contribution >= 0.6 is 0 Å². The smallest absolute Gasteiger partial charge is 0.213 e. The predicted octanol–water partition coefficient (Wildman–Crippen LogP) is 2.22. The lowest BCUT2D eigenvalue weighted by molar-refractivity contribution is -0.0721. The summed E-state index contributed by atoms with van der Waals surface area (Å²) in [6, 6.07) is 5.78. The fraction of sp³-hybridized carbons (Fsp3) is 0.700. The fourth-order valence-electron chi connectivity index (χ4n) is 3.59. The molecule has 0 radical (unpaired) electrons. The minimum absolute atomic E-state index is 0.293. The number of methoxy groups -OCH3 is 1. The zero-order valence-electron chi connectivity index (χ0n) is 16.5. The Hall–Kier alpha value is -1.86. The number of aromatic nitrogens is 1. The Kier molecular flexibility index (Phi) is 7.71. The topological polar surface area (TPSA) is 68.2 Å². The molecule has 0 amide bonds. The lowest BCUT2D eigenvalue weighted by atomic mass is 10.1. The summed E-state index contributed by atoms with van der Waals surface area (Å²) < 4.78 is 17.0. The van der Waals surface area contributed by atoms with E-state index in [4.69, 9.17) is 14.2 Å². The Labute approximate surface area is 162 Å². The molecular formula is C20H32N4O3. The number of rotatable bonds is 6. The molecule has 1 atom stereocenters. The van der Waals surface area contributed by atoms with Gasteiger partial charge >= 0.3 is 0 Å². The molecule has 2 saturated heterocycles. The highest BCUT2D eigenvalue weighted by atomic mass is 16.5. The van der Waals surface area contributed by atoms with Gasteiger partial charge in [0.15, 0.2) is 5.96 Å². The van der Waals surface area contributed by atoms with Crippen LogP contribution in [0.5, 0.6) is 5.88 Å². The van der Waals surface area contributed by atoms with E-state index >= 15 is 0 Å². The molecule has 1 unspecified atom stereocenters. The van der Waals surface area contributed by atoms with Crippen molar-refractivity contribution in [3.63, 3.8) is 0 Å². The number of hydrogen-bond donors (Lipinski definition) is 1. The third-order valence-electron chi connectivity index (χ3n) is 5.16. The van der Waals surface area contributed by atoms with Crippen LogP contribution in [0.4, 0.5) is 0 Å². The first-order valence-corrected chi connectivity index (χ1v) is 9.97. The van der Waals surface area contributed by atoms with Crippen LogP contribution < -0.4 is 10.1 Å². The number of pyridine rings is 1. The van der Waals surface area contributed by atoms with Crippen molar-refractivity contribution < 1.29 is 14.2 Å². The van der Waals surface area contributed by atoms with Crippen molar-refractivity contribution >= 4 is 5.96 Å². The van der Waals surface area contributed by atoms with Gasteiger partial charge in [-0.1, -0.05) is 6.07 Å². The molecule has 1 aromatic heterocycles. The number of likely N-dealkylation sites (tertiary alicyclic amines) is 1. The van der Waals surface area contributed by atoms with Crippen LogP contribution in [0.25, 0.3) is 0 Å². The average Bonchev–Trinajstić information content (AvgIpc) is 2.74. The molecule has 3 rings (SSSR count). The Morgan fingerprint density at radius 2 is 2.15 bits per heavy atom. The molecule has 0 saturated carbocycles. The van der Waals surface area contributed by atoms with Crippen molar-refractivity contribution in [3.05, 3.63) is 23.9 Å². The van der Waals surface area contributed by atoms with Crippen LogP contribution in [0.15, 0.2) is 23.2 Å². The molecular weight excluding hydrogens is 344 g/mol. The maximum absolute atomic E-state index is 6.10. The first-order valence-electron chi connectivity index (χ1n) is 9.97. The highest BCUT2D eigenvalue weighted by Crippen LogP contribution is 2.18. The summed E-state index contributed by atoms with van der Waals surface area (Å²) in [7, 11) is 3.45. The largest absolute Gasteiger partial charge is 0.481 e. The third kappa shape index (κ3) is 6.07. The van der Waals surface area contributed by atoms with E-state index in [0.717, 1.165) is 57.2 Å². The van der Waals surface area contributed by atoms with E-state index in [0.29, 0.717) is 24.6 Å². The highest BCUT2D eigenvalue weighted by Gasteiger charge is 2.23. The van der Waals surface area contributed by atoms with Gasteiger partial charge in [0.25, 0.3) is 0 Å². The molecule has 27 heavy (non-hydrogen) atoms. The second-order valence-electron chi connectivity index (χ2n) is 7.08. The fourth-order valence-corrected chi connectivity index (χ4v) is 3.59. The van der Waals surface area contributed by atoms with Gasteiger partial charge in [-0.2, -0.15) is 0 Å². The van der Waals surface area contributed by atoms with Gasteiger partial charge in [0.1, 0.15) is 0 Å². The van der Waals surface area contributed by atoms with Gasteiger partial charge in [-0.15, -0.1) is 0 Å². The van der Waals surface area contributed by atoms with E-state index in [-0.39, 0.29) is 0 Å². The van der Waals surface area contributed by atoms with Crippen molar-refractivity contribution in [2.75, 3.05) is 40.5 Å². The molecule has 1 N–H and O–H groups in total. The summed E-state index contributed by atoms with van der Waals surface area (Å²) in [4.78, 5) is 11.1. The minimum atomic E-state index is 0.293. The van der Waals surface area contributed by atoms with Crippen LogP contribution in [0, 0.1) is 0 Å². The zero-order chi connectivity index (χ0) is 18.9. The van der Waals surface area contributed by atoms with Gasteiger partial charge in [-0.05, 0) is 38.2 Å². The number of aliphatic imine (C=N–C) groups is 1. The summed E-state index contributed by atoms with van der Waals surface area (Å²) in [6.07, 6.45) is 6.23. The molecule has 0 aliphatic carbocycles. The maximum Gasteiger partial charge on any atom is 0.213 e. The van der Waals surface area contributed by atoms with Crippen LogP contribution in [-0.2, 0) is 16.0 Å². The van der Waals surface area contributed by atoms with Crippen LogP contribution in [0.1, 0.15) is 37.8 Å². The molecule has 2 fully saturated rings. The quantitative estimate of drug-likeness (QED) is 0.606. The Balaban J connectivity index is 1.40. The molecule has 1 aromatic rings. The van der Waals surface area contributed by atoms with E-state index in [1.54, 1.807) is 7.11 Å². The number of guanidine groups is 1. The first-order chi connectivity index (χ1) is 13.3. The van der Waals surface area contributed by atoms with Crippen LogP contribution in [-0.4, -0.2) is 68.5 Å². The van der Waals surface area contributed by atoms with Gasteiger partial charge in [-0.25, -0.2) is 4.98 Å². The average molecular weight is 377 g/mol. The number of hydrogen-bond acceptors (Lipinski definition) is 5. The molecule has 150 valence electrons. The summed E-state index contributed by atoms with van der Waals surface area (Å²) in [6.45, 7) is 4.14. The number of piperidine rings is 1. The molecule has 2 aliphatic rings. The van der Waals surface area contributed by atoms with Gasteiger partial charge in [0.05, 0.1) is 38.2 Å². The molecule has 2 aliphatic heterocycles. The summed E-state index contributed by atoms with van der Waals surface area (Å²) >= 11 is 0. The van der Waals surface area contributed by atoms with Crippen molar-refractivity contribution in [3.8, 4) is 5.88 Å². The molecule has 0 bridgehead atoms. The van der Waals surface area contributed by atoms with Crippen molar-refractivity contribution in [1.82, 2.24) is 15.2 Å². The van der Waals surface area contributed by atoms with E-state index in [1.807, 2.05) is 25.2 Å². The third-order valence-corrected chi connectivity index (χ3v) is 5.16. The highest BCUT2D eigenvalue weighted by molar-refractivity contribution is 5.79. The zero-order valence-corrected chi connectivity index (χ0v) is 16.5. The van der Waals surface area contributed by atoms with Gasteiger partial charge in [-0.3, -0.25) is 4.99 Å². The monoisotopic (exact) mass is 376 g/mol. The maximum atomic E-state index is 6.10. The molecule has 7 nitrogen and oxygen atoms in total. The minimum Gasteiger partial charge on any atom is -0.481 e. The lowest BCUT2D eigenvalue weighted by Gasteiger charge is -2.35. The Morgan fingerprint density at radius 3 is 2.85 bits per heavy atom. The SMILES string of the molecule is CN=C(NCc1cccc(OC)n1)N1CCC(OCC2CCCCO2)CC1. The molecule has 0 spiro atoms. The summed E-state index contributed by atoms with van der Waals surface area (Å²) in [5.74, 6) is 1.54. The van der Waals surface area contributed by atoms with Gasteiger partial charge in [0, 0.05) is 32.8 Å². The van der Waals surface area contributed by atoms with E-state index in [9.17, 15) is 0 Å². The van der Waals surface area contributed by atoms with Gasteiger partial charge in [0.2, 0.25) is 5.88 Å². The Morgan fingerprint density at radius 1 is 1.30 bits per heavy atom. The summed E-state index contributed by atoms with van der Waals surface area (Å²) in [5, 5.41) is 3.40. The Bertz CT molecular complexity index is 597. The van der Waals surface area contributed by atoms with Crippen molar-refractivity contribution in [1.29, 1.82) is 0 Å². The number of ether oxygens (including phenoxy) is 3. The van der Waals surface area contributed by atoms with Crippen LogP contribution in [0.2, 0.25) is 0 Å². The molecule has 3 heterocycles. The lowest BCUT2D eigenvalue weighted by Crippen LogP contribution is -2.47. The van der Waals surface area contributed by atoms with E-state index in [2.05, 4.69) is 20.2 Å². The number of nitrogens with zero attached hydrogens (tertiary/aromatic N) is 3. The predicted molar refractivity (Wildman–Crippen MR) is 105 cm³/mol. The van der Waals surface area contributed by atoms with Gasteiger partial charge < -0.3 is 24.4 Å². The second-order valence-corrected chi connectivity index (χ2v) is 7.08.